The quantitative estimate of drug-likeness (QED) is 0.585. The monoisotopic (exact) mass is 334 g/mol. The van der Waals surface area contributed by atoms with Gasteiger partial charge in [-0.25, -0.2) is 4.79 Å². The Kier molecular flexibility index (Phi) is 6.61. The summed E-state index contributed by atoms with van der Waals surface area (Å²) in [5.74, 6) is -0.879. The van der Waals surface area contributed by atoms with E-state index in [0.717, 1.165) is 18.4 Å². The van der Waals surface area contributed by atoms with Gasteiger partial charge in [0.2, 0.25) is 0 Å². The van der Waals surface area contributed by atoms with Gasteiger partial charge in [0.25, 0.3) is 0 Å². The highest BCUT2D eigenvalue weighted by Crippen LogP contribution is 2.28. The fourth-order valence-electron chi connectivity index (χ4n) is 3.11. The molecule has 1 fully saturated rings. The summed E-state index contributed by atoms with van der Waals surface area (Å²) >= 11 is 0. The first-order valence-electron chi connectivity index (χ1n) is 8.49. The molecule has 4 N–H and O–H groups in total. The zero-order valence-electron chi connectivity index (χ0n) is 13.8. The summed E-state index contributed by atoms with van der Waals surface area (Å²) < 4.78 is 0. The minimum atomic E-state index is -0.879. The minimum Gasteiger partial charge on any atom is -0.481 e. The molecule has 0 radical (unpaired) electrons. The zero-order chi connectivity index (χ0) is 17.4. The summed E-state index contributed by atoms with van der Waals surface area (Å²) in [4.78, 5) is 22.9. The van der Waals surface area contributed by atoms with Gasteiger partial charge in [0.1, 0.15) is 0 Å². The van der Waals surface area contributed by atoms with E-state index in [-0.39, 0.29) is 25.0 Å². The third-order valence-corrected chi connectivity index (χ3v) is 4.48. The average molecular weight is 334 g/mol. The van der Waals surface area contributed by atoms with Crippen LogP contribution >= 0.6 is 0 Å². The highest BCUT2D eigenvalue weighted by atomic mass is 16.4. The lowest BCUT2D eigenvalue weighted by molar-refractivity contribution is -0.137. The predicted octanol–water partition coefficient (Wildman–Crippen LogP) is 2.07. The SMILES string of the molecule is O=C(O)CCC(Cc1ccccc1)NC(=O)NCC1(O)CCCC1. The van der Waals surface area contributed by atoms with E-state index in [1.165, 1.54) is 0 Å². The van der Waals surface area contributed by atoms with Crippen LogP contribution in [0, 0.1) is 0 Å². The molecular weight excluding hydrogens is 308 g/mol. The highest BCUT2D eigenvalue weighted by Gasteiger charge is 2.31. The van der Waals surface area contributed by atoms with E-state index in [4.69, 9.17) is 5.11 Å². The van der Waals surface area contributed by atoms with Crippen LogP contribution < -0.4 is 10.6 Å². The largest absolute Gasteiger partial charge is 0.481 e. The van der Waals surface area contributed by atoms with Gasteiger partial charge in [0, 0.05) is 19.0 Å². The molecule has 1 aromatic rings. The maximum Gasteiger partial charge on any atom is 0.315 e. The number of aliphatic carboxylic acids is 1. The summed E-state index contributed by atoms with van der Waals surface area (Å²) in [5, 5.41) is 24.7. The molecule has 0 aromatic heterocycles. The number of hydrogen-bond acceptors (Lipinski definition) is 3. The summed E-state index contributed by atoms with van der Waals surface area (Å²) in [6, 6.07) is 9.03. The molecule has 1 saturated carbocycles. The first-order chi connectivity index (χ1) is 11.5. The van der Waals surface area contributed by atoms with Crippen molar-refractivity contribution in [2.45, 2.75) is 56.6 Å². The molecule has 1 aliphatic rings. The normalized spacial score (nSPS) is 17.2. The molecule has 1 aliphatic carbocycles. The van der Waals surface area contributed by atoms with Gasteiger partial charge >= 0.3 is 12.0 Å². The molecule has 6 nitrogen and oxygen atoms in total. The summed E-state index contributed by atoms with van der Waals surface area (Å²) in [6.45, 7) is 0.232. The fraction of sp³-hybridized carbons (Fsp3) is 0.556. The van der Waals surface area contributed by atoms with Crippen molar-refractivity contribution in [1.82, 2.24) is 10.6 Å². The van der Waals surface area contributed by atoms with Crippen molar-refractivity contribution < 1.29 is 19.8 Å². The molecule has 1 unspecified atom stereocenters. The molecule has 2 amide bonds. The fourth-order valence-corrected chi connectivity index (χ4v) is 3.11. The van der Waals surface area contributed by atoms with Gasteiger partial charge in [-0.2, -0.15) is 0 Å². The van der Waals surface area contributed by atoms with Gasteiger partial charge in [0.05, 0.1) is 5.60 Å². The Labute approximate surface area is 142 Å². The van der Waals surface area contributed by atoms with E-state index in [1.807, 2.05) is 30.3 Å². The van der Waals surface area contributed by atoms with Crippen LogP contribution in [0.25, 0.3) is 0 Å². The number of carbonyl (C=O) groups is 2. The number of carboxylic acids is 1. The van der Waals surface area contributed by atoms with E-state index < -0.39 is 11.6 Å². The number of benzene rings is 1. The Morgan fingerprint density at radius 2 is 1.83 bits per heavy atom. The standard InChI is InChI=1S/C18H26N2O4/c21-16(22)9-8-15(12-14-6-2-1-3-7-14)20-17(23)19-13-18(24)10-4-5-11-18/h1-3,6-7,15,24H,4-5,8-13H2,(H,21,22)(H2,19,20,23). The molecular formula is C18H26N2O4. The van der Waals surface area contributed by atoms with Crippen molar-refractivity contribution in [3.8, 4) is 0 Å². The van der Waals surface area contributed by atoms with Crippen LogP contribution in [0.15, 0.2) is 30.3 Å². The molecule has 0 saturated heterocycles. The summed E-state index contributed by atoms with van der Waals surface area (Å²) in [7, 11) is 0. The van der Waals surface area contributed by atoms with E-state index in [9.17, 15) is 14.7 Å². The van der Waals surface area contributed by atoms with Crippen molar-refractivity contribution in [1.29, 1.82) is 0 Å². The number of urea groups is 1. The number of hydrogen-bond donors (Lipinski definition) is 4. The van der Waals surface area contributed by atoms with Crippen molar-refractivity contribution in [3.05, 3.63) is 35.9 Å². The van der Waals surface area contributed by atoms with E-state index in [2.05, 4.69) is 10.6 Å². The van der Waals surface area contributed by atoms with Crippen LogP contribution in [0.2, 0.25) is 0 Å². The molecule has 6 heteroatoms. The van der Waals surface area contributed by atoms with E-state index in [1.54, 1.807) is 0 Å². The number of amides is 2. The molecule has 0 spiro atoms. The van der Waals surface area contributed by atoms with Gasteiger partial charge in [-0.15, -0.1) is 0 Å². The lowest BCUT2D eigenvalue weighted by Crippen LogP contribution is -2.48. The first kappa shape index (κ1) is 18.3. The number of nitrogens with one attached hydrogen (secondary N) is 2. The highest BCUT2D eigenvalue weighted by molar-refractivity contribution is 5.74. The zero-order valence-corrected chi connectivity index (χ0v) is 13.8. The molecule has 2 rings (SSSR count). The van der Waals surface area contributed by atoms with E-state index >= 15 is 0 Å². The molecule has 0 bridgehead atoms. The van der Waals surface area contributed by atoms with Crippen molar-refractivity contribution in [3.63, 3.8) is 0 Å². The average Bonchev–Trinajstić information content (AvgIpc) is 2.99. The molecule has 1 atom stereocenters. The summed E-state index contributed by atoms with van der Waals surface area (Å²) in [6.07, 6.45) is 4.32. The van der Waals surface area contributed by atoms with Crippen molar-refractivity contribution in [2.75, 3.05) is 6.54 Å². The second-order valence-corrected chi connectivity index (χ2v) is 6.58. The molecule has 1 aromatic carbocycles. The Hall–Kier alpha value is -2.08. The third-order valence-electron chi connectivity index (χ3n) is 4.48. The van der Waals surface area contributed by atoms with Crippen LogP contribution in [0.5, 0.6) is 0 Å². The molecule has 0 heterocycles. The number of rotatable bonds is 8. The van der Waals surface area contributed by atoms with Gasteiger partial charge < -0.3 is 20.8 Å². The second kappa shape index (κ2) is 8.68. The minimum absolute atomic E-state index is 0.00170. The smallest absolute Gasteiger partial charge is 0.315 e. The van der Waals surface area contributed by atoms with Gasteiger partial charge in [0.15, 0.2) is 0 Å². The van der Waals surface area contributed by atoms with Crippen molar-refractivity contribution in [2.24, 2.45) is 0 Å². The van der Waals surface area contributed by atoms with Gasteiger partial charge in [-0.05, 0) is 31.2 Å². The lowest BCUT2D eigenvalue weighted by atomic mass is 10.0. The molecule has 0 aliphatic heterocycles. The van der Waals surface area contributed by atoms with Crippen molar-refractivity contribution >= 4 is 12.0 Å². The third kappa shape index (κ3) is 6.20. The van der Waals surface area contributed by atoms with Crippen LogP contribution in [-0.2, 0) is 11.2 Å². The number of aliphatic hydroxyl groups is 1. The molecule has 24 heavy (non-hydrogen) atoms. The maximum atomic E-state index is 12.1. The second-order valence-electron chi connectivity index (χ2n) is 6.58. The molecule has 132 valence electrons. The lowest BCUT2D eigenvalue weighted by Gasteiger charge is -2.24. The first-order valence-corrected chi connectivity index (χ1v) is 8.49. The Balaban J connectivity index is 1.86. The van der Waals surface area contributed by atoms with Gasteiger partial charge in [-0.3, -0.25) is 4.79 Å². The Morgan fingerprint density at radius 1 is 1.17 bits per heavy atom. The predicted molar refractivity (Wildman–Crippen MR) is 90.8 cm³/mol. The van der Waals surface area contributed by atoms with Crippen LogP contribution in [0.3, 0.4) is 0 Å². The number of carboxylic acid groups (broad SMARTS) is 1. The Morgan fingerprint density at radius 3 is 2.46 bits per heavy atom. The maximum absolute atomic E-state index is 12.1. The van der Waals surface area contributed by atoms with Gasteiger partial charge in [-0.1, -0.05) is 43.2 Å². The Bertz CT molecular complexity index is 541. The van der Waals surface area contributed by atoms with Crippen LogP contribution in [0.4, 0.5) is 4.79 Å². The summed E-state index contributed by atoms with van der Waals surface area (Å²) in [5.41, 5.74) is 0.246. The van der Waals surface area contributed by atoms with E-state index in [0.29, 0.717) is 25.7 Å². The van der Waals surface area contributed by atoms with Crippen LogP contribution in [-0.4, -0.2) is 40.4 Å². The number of carbonyl (C=O) groups excluding carboxylic acids is 1. The van der Waals surface area contributed by atoms with Crippen LogP contribution in [0.1, 0.15) is 44.1 Å². The topological polar surface area (TPSA) is 98.7 Å².